The van der Waals surface area contributed by atoms with Crippen LogP contribution in [0.25, 0.3) is 5.57 Å². The van der Waals surface area contributed by atoms with Crippen LogP contribution in [0.1, 0.15) is 12.6 Å². The number of aromatic nitrogens is 1. The SMILES string of the molecule is C=C(C)c1ncc(F)cc1N. The second-order valence-corrected chi connectivity index (χ2v) is 2.37. The van der Waals surface area contributed by atoms with Crippen LogP contribution < -0.4 is 5.73 Å². The van der Waals surface area contributed by atoms with Crippen LogP contribution >= 0.6 is 0 Å². The fraction of sp³-hybridized carbons (Fsp3) is 0.125. The molecule has 0 saturated heterocycles. The van der Waals surface area contributed by atoms with Crippen LogP contribution in [0.4, 0.5) is 10.1 Å². The Bertz CT molecular complexity index is 294. The van der Waals surface area contributed by atoms with Gasteiger partial charge in [-0.3, -0.25) is 4.98 Å². The van der Waals surface area contributed by atoms with E-state index in [-0.39, 0.29) is 0 Å². The van der Waals surface area contributed by atoms with Crippen LogP contribution in [0.2, 0.25) is 0 Å². The highest BCUT2D eigenvalue weighted by Gasteiger charge is 2.01. The van der Waals surface area contributed by atoms with Crippen molar-refractivity contribution in [2.75, 3.05) is 5.73 Å². The molecule has 1 aromatic rings. The van der Waals surface area contributed by atoms with Crippen LogP contribution in [0.15, 0.2) is 18.8 Å². The van der Waals surface area contributed by atoms with Gasteiger partial charge in [0.2, 0.25) is 0 Å². The van der Waals surface area contributed by atoms with E-state index in [1.54, 1.807) is 6.92 Å². The van der Waals surface area contributed by atoms with Gasteiger partial charge in [-0.1, -0.05) is 6.58 Å². The van der Waals surface area contributed by atoms with Gasteiger partial charge in [0.25, 0.3) is 0 Å². The molecule has 2 N–H and O–H groups in total. The van der Waals surface area contributed by atoms with Crippen LogP contribution in [0.5, 0.6) is 0 Å². The molecule has 0 fully saturated rings. The van der Waals surface area contributed by atoms with E-state index in [0.717, 1.165) is 11.8 Å². The minimum absolute atomic E-state index is 0.331. The molecule has 58 valence electrons. The molecule has 0 atom stereocenters. The van der Waals surface area contributed by atoms with Gasteiger partial charge in [-0.15, -0.1) is 0 Å². The van der Waals surface area contributed by atoms with Crippen molar-refractivity contribution >= 4 is 11.3 Å². The molecule has 11 heavy (non-hydrogen) atoms. The molecule has 3 heteroatoms. The zero-order valence-corrected chi connectivity index (χ0v) is 6.26. The molecule has 1 heterocycles. The second-order valence-electron chi connectivity index (χ2n) is 2.37. The van der Waals surface area contributed by atoms with Crippen molar-refractivity contribution in [1.82, 2.24) is 4.98 Å². The highest BCUT2D eigenvalue weighted by atomic mass is 19.1. The average molecular weight is 152 g/mol. The molecular weight excluding hydrogens is 143 g/mol. The van der Waals surface area contributed by atoms with Gasteiger partial charge >= 0.3 is 0 Å². The minimum atomic E-state index is -0.424. The maximum atomic E-state index is 12.4. The van der Waals surface area contributed by atoms with Crippen molar-refractivity contribution in [1.29, 1.82) is 0 Å². The number of nitrogens with zero attached hydrogens (tertiary/aromatic N) is 1. The fourth-order valence-corrected chi connectivity index (χ4v) is 0.812. The number of nitrogens with two attached hydrogens (primary N) is 1. The van der Waals surface area contributed by atoms with Crippen molar-refractivity contribution in [3.8, 4) is 0 Å². The van der Waals surface area contributed by atoms with Gasteiger partial charge in [0.1, 0.15) is 5.82 Å². The quantitative estimate of drug-likeness (QED) is 0.666. The third-order valence-electron chi connectivity index (χ3n) is 1.29. The first-order valence-electron chi connectivity index (χ1n) is 3.18. The molecule has 0 aliphatic carbocycles. The number of anilines is 1. The Balaban J connectivity index is 3.20. The van der Waals surface area contributed by atoms with Crippen molar-refractivity contribution in [3.63, 3.8) is 0 Å². The third-order valence-corrected chi connectivity index (χ3v) is 1.29. The molecule has 0 aliphatic rings. The smallest absolute Gasteiger partial charge is 0.143 e. The molecule has 1 rings (SSSR count). The van der Waals surface area contributed by atoms with Gasteiger partial charge in [-0.2, -0.15) is 0 Å². The molecule has 0 amide bonds. The van der Waals surface area contributed by atoms with Crippen LogP contribution in [0, 0.1) is 5.82 Å². The lowest BCUT2D eigenvalue weighted by molar-refractivity contribution is 0.622. The van der Waals surface area contributed by atoms with Gasteiger partial charge in [0.15, 0.2) is 0 Å². The van der Waals surface area contributed by atoms with Crippen LogP contribution in [0.3, 0.4) is 0 Å². The van der Waals surface area contributed by atoms with Crippen molar-refractivity contribution in [2.45, 2.75) is 6.92 Å². The molecule has 0 unspecified atom stereocenters. The van der Waals surface area contributed by atoms with E-state index in [2.05, 4.69) is 11.6 Å². The van der Waals surface area contributed by atoms with Crippen molar-refractivity contribution < 1.29 is 4.39 Å². The molecule has 0 saturated carbocycles. The van der Waals surface area contributed by atoms with Gasteiger partial charge in [-0.05, 0) is 12.5 Å². The van der Waals surface area contributed by atoms with E-state index in [1.807, 2.05) is 0 Å². The zero-order chi connectivity index (χ0) is 8.43. The Kier molecular flexibility index (Phi) is 1.89. The summed E-state index contributed by atoms with van der Waals surface area (Å²) in [7, 11) is 0. The lowest BCUT2D eigenvalue weighted by Crippen LogP contribution is -1.95. The topological polar surface area (TPSA) is 38.9 Å². The molecule has 0 radical (unpaired) electrons. The average Bonchev–Trinajstić information content (AvgIpc) is 1.85. The molecule has 0 aromatic carbocycles. The van der Waals surface area contributed by atoms with Gasteiger partial charge in [0, 0.05) is 6.07 Å². The first-order chi connectivity index (χ1) is 5.11. The second kappa shape index (κ2) is 2.70. The van der Waals surface area contributed by atoms with E-state index in [1.165, 1.54) is 6.07 Å². The molecule has 0 spiro atoms. The molecular formula is C8H9FN2. The maximum Gasteiger partial charge on any atom is 0.143 e. The number of rotatable bonds is 1. The number of nitrogen functional groups attached to an aromatic ring is 1. The standard InChI is InChI=1S/C8H9FN2/c1-5(2)8-7(10)3-6(9)4-11-8/h3-4H,1,10H2,2H3. The van der Waals surface area contributed by atoms with Crippen molar-refractivity contribution in [3.05, 3.63) is 30.4 Å². The van der Waals surface area contributed by atoms with Crippen molar-refractivity contribution in [2.24, 2.45) is 0 Å². The number of allylic oxidation sites excluding steroid dienone is 1. The molecule has 0 bridgehead atoms. The number of hydrogen-bond acceptors (Lipinski definition) is 2. The summed E-state index contributed by atoms with van der Waals surface area (Å²) in [4.78, 5) is 3.78. The lowest BCUT2D eigenvalue weighted by atomic mass is 10.2. The Morgan fingerprint density at radius 2 is 2.36 bits per heavy atom. The molecule has 0 aliphatic heterocycles. The van der Waals surface area contributed by atoms with E-state index in [0.29, 0.717) is 11.4 Å². The van der Waals surface area contributed by atoms with E-state index < -0.39 is 5.82 Å². The highest BCUT2D eigenvalue weighted by Crippen LogP contribution is 2.16. The summed E-state index contributed by atoms with van der Waals surface area (Å²) in [6.45, 7) is 5.43. The summed E-state index contributed by atoms with van der Waals surface area (Å²) < 4.78 is 12.4. The largest absolute Gasteiger partial charge is 0.397 e. The van der Waals surface area contributed by atoms with Gasteiger partial charge in [-0.25, -0.2) is 4.39 Å². The zero-order valence-electron chi connectivity index (χ0n) is 6.26. The maximum absolute atomic E-state index is 12.4. The Morgan fingerprint density at radius 1 is 1.73 bits per heavy atom. The summed E-state index contributed by atoms with van der Waals surface area (Å²) in [5.41, 5.74) is 7.09. The Morgan fingerprint density at radius 3 is 2.82 bits per heavy atom. The molecule has 2 nitrogen and oxygen atoms in total. The predicted molar refractivity (Wildman–Crippen MR) is 43.3 cm³/mol. The van der Waals surface area contributed by atoms with E-state index in [4.69, 9.17) is 5.73 Å². The number of halogens is 1. The first-order valence-corrected chi connectivity index (χ1v) is 3.18. The normalized spacial score (nSPS) is 9.64. The summed E-state index contributed by atoms with van der Waals surface area (Å²) in [5.74, 6) is -0.424. The van der Waals surface area contributed by atoms with Crippen LogP contribution in [-0.2, 0) is 0 Å². The Labute approximate surface area is 64.6 Å². The number of hydrogen-bond donors (Lipinski definition) is 1. The third kappa shape index (κ3) is 1.55. The van der Waals surface area contributed by atoms with E-state index in [9.17, 15) is 4.39 Å². The first kappa shape index (κ1) is 7.72. The van der Waals surface area contributed by atoms with Gasteiger partial charge in [0.05, 0.1) is 17.6 Å². The summed E-state index contributed by atoms with van der Waals surface area (Å²) in [6, 6.07) is 1.23. The van der Waals surface area contributed by atoms with Gasteiger partial charge < -0.3 is 5.73 Å². The van der Waals surface area contributed by atoms with Crippen LogP contribution in [-0.4, -0.2) is 4.98 Å². The summed E-state index contributed by atoms with van der Waals surface area (Å²) in [6.07, 6.45) is 1.13. The predicted octanol–water partition coefficient (Wildman–Crippen LogP) is 1.84. The minimum Gasteiger partial charge on any atom is -0.397 e. The molecule has 1 aromatic heterocycles. The lowest BCUT2D eigenvalue weighted by Gasteiger charge is -2.01. The Hall–Kier alpha value is -1.38. The fourth-order valence-electron chi connectivity index (χ4n) is 0.812. The summed E-state index contributed by atoms with van der Waals surface area (Å²) >= 11 is 0. The highest BCUT2D eigenvalue weighted by molar-refractivity contribution is 5.68. The number of pyridine rings is 1. The summed E-state index contributed by atoms with van der Waals surface area (Å²) in [5, 5.41) is 0. The van der Waals surface area contributed by atoms with E-state index >= 15 is 0 Å². The monoisotopic (exact) mass is 152 g/mol.